The van der Waals surface area contributed by atoms with Gasteiger partial charge in [-0.05, 0) is 23.8 Å². The van der Waals surface area contributed by atoms with E-state index in [9.17, 15) is 5.11 Å². The molecule has 0 amide bonds. The first kappa shape index (κ1) is 8.57. The summed E-state index contributed by atoms with van der Waals surface area (Å²) in [6.07, 6.45) is 0. The minimum atomic E-state index is -0.328. The second-order valence-corrected chi connectivity index (χ2v) is 2.33. The van der Waals surface area contributed by atoms with E-state index in [1.54, 1.807) is 18.2 Å². The molecule has 1 aromatic rings. The molecule has 0 aliphatic carbocycles. The summed E-state index contributed by atoms with van der Waals surface area (Å²) in [6, 6.07) is 6.75. The van der Waals surface area contributed by atoms with Crippen LogP contribution < -0.4 is 4.74 Å². The highest BCUT2D eigenvalue weighted by atomic mass is 16.5. The van der Waals surface area contributed by atoms with Crippen LogP contribution in [0.3, 0.4) is 0 Å². The summed E-state index contributed by atoms with van der Waals surface area (Å²) in [6.45, 7) is -0.328. The van der Waals surface area contributed by atoms with Gasteiger partial charge in [-0.25, -0.2) is 5.11 Å². The van der Waals surface area contributed by atoms with Gasteiger partial charge in [0.1, 0.15) is 12.4 Å². The van der Waals surface area contributed by atoms with Gasteiger partial charge in [0.15, 0.2) is 0 Å². The molecule has 0 fully saturated rings. The van der Waals surface area contributed by atoms with Gasteiger partial charge >= 0.3 is 0 Å². The molecular formula is C9H8NO2. The lowest BCUT2D eigenvalue weighted by Gasteiger charge is -2.01. The molecule has 0 unspecified atom stereocenters. The van der Waals surface area contributed by atoms with Crippen LogP contribution in [0.25, 0.3) is 0 Å². The zero-order chi connectivity index (χ0) is 8.97. The monoisotopic (exact) mass is 162 g/mol. The van der Waals surface area contributed by atoms with Crippen molar-refractivity contribution in [1.82, 2.24) is 0 Å². The minimum Gasteiger partial charge on any atom is -0.497 e. The van der Waals surface area contributed by atoms with Crippen LogP contribution in [0.2, 0.25) is 0 Å². The molecule has 1 radical (unpaired) electrons. The molecule has 3 heteroatoms. The Kier molecular flexibility index (Phi) is 2.67. The van der Waals surface area contributed by atoms with Gasteiger partial charge in [-0.1, -0.05) is 0 Å². The van der Waals surface area contributed by atoms with Gasteiger partial charge in [-0.2, -0.15) is 5.26 Å². The molecule has 0 atom stereocenters. The molecule has 61 valence electrons. The van der Waals surface area contributed by atoms with Crippen molar-refractivity contribution in [3.8, 4) is 11.8 Å². The van der Waals surface area contributed by atoms with Crippen molar-refractivity contribution >= 4 is 0 Å². The summed E-state index contributed by atoms with van der Waals surface area (Å²) >= 11 is 0. The standard InChI is InChI=1S/C9H8NO2/c1-12-9-3-7(5-10)2-8(4-9)6-11/h2-4H,6H2,1H3. The molecule has 0 heterocycles. The Bertz CT molecular complexity index is 293. The molecule has 12 heavy (non-hydrogen) atoms. The molecule has 0 aliphatic heterocycles. The van der Waals surface area contributed by atoms with Gasteiger partial charge in [0.05, 0.1) is 18.7 Å². The second-order valence-electron chi connectivity index (χ2n) is 2.33. The fourth-order valence-electron chi connectivity index (χ4n) is 0.926. The quantitative estimate of drug-likeness (QED) is 0.661. The third kappa shape index (κ3) is 1.74. The van der Waals surface area contributed by atoms with Crippen molar-refractivity contribution in [2.24, 2.45) is 0 Å². The number of nitriles is 1. The van der Waals surface area contributed by atoms with Gasteiger partial charge in [0.25, 0.3) is 0 Å². The molecular weight excluding hydrogens is 154 g/mol. The number of benzene rings is 1. The number of rotatable bonds is 2. The van der Waals surface area contributed by atoms with Crippen molar-refractivity contribution in [2.75, 3.05) is 7.11 Å². The highest BCUT2D eigenvalue weighted by molar-refractivity contribution is 5.40. The van der Waals surface area contributed by atoms with E-state index in [0.717, 1.165) is 0 Å². The van der Waals surface area contributed by atoms with E-state index in [-0.39, 0.29) is 6.61 Å². The summed E-state index contributed by atoms with van der Waals surface area (Å²) in [5, 5.41) is 19.1. The summed E-state index contributed by atoms with van der Waals surface area (Å²) in [4.78, 5) is 0. The third-order valence-corrected chi connectivity index (χ3v) is 1.50. The smallest absolute Gasteiger partial charge is 0.120 e. The zero-order valence-electron chi connectivity index (χ0n) is 6.70. The van der Waals surface area contributed by atoms with E-state index < -0.39 is 0 Å². The van der Waals surface area contributed by atoms with Gasteiger partial charge in [0, 0.05) is 0 Å². The molecule has 0 bridgehead atoms. The third-order valence-electron chi connectivity index (χ3n) is 1.50. The van der Waals surface area contributed by atoms with Crippen molar-refractivity contribution in [3.63, 3.8) is 0 Å². The Morgan fingerprint density at radius 2 is 2.25 bits per heavy atom. The fourth-order valence-corrected chi connectivity index (χ4v) is 0.926. The van der Waals surface area contributed by atoms with Crippen LogP contribution in [0.5, 0.6) is 5.75 Å². The Morgan fingerprint density at radius 1 is 1.50 bits per heavy atom. The predicted octanol–water partition coefficient (Wildman–Crippen LogP) is 1.50. The summed E-state index contributed by atoms with van der Waals surface area (Å²) in [7, 11) is 1.51. The lowest BCUT2D eigenvalue weighted by atomic mass is 10.1. The lowest BCUT2D eigenvalue weighted by molar-refractivity contribution is 0.177. The molecule has 0 aromatic heterocycles. The molecule has 0 saturated carbocycles. The molecule has 1 aromatic carbocycles. The average Bonchev–Trinajstić information content (AvgIpc) is 2.16. The van der Waals surface area contributed by atoms with E-state index in [1.165, 1.54) is 7.11 Å². The Balaban J connectivity index is 3.12. The average molecular weight is 162 g/mol. The molecule has 1 rings (SSSR count). The molecule has 0 N–H and O–H groups in total. The maximum Gasteiger partial charge on any atom is 0.120 e. The SMILES string of the molecule is COc1cc(C#N)cc(C[O])c1. The Labute approximate surface area is 70.8 Å². The van der Waals surface area contributed by atoms with Crippen LogP contribution in [0.15, 0.2) is 18.2 Å². The normalized spacial score (nSPS) is 9.08. The van der Waals surface area contributed by atoms with E-state index in [2.05, 4.69) is 0 Å². The molecule has 3 nitrogen and oxygen atoms in total. The Hall–Kier alpha value is -1.53. The number of nitrogens with zero attached hydrogens (tertiary/aromatic N) is 1. The van der Waals surface area contributed by atoms with Crippen molar-refractivity contribution in [1.29, 1.82) is 5.26 Å². The lowest BCUT2D eigenvalue weighted by Crippen LogP contribution is -1.88. The summed E-state index contributed by atoms with van der Waals surface area (Å²) < 4.78 is 4.91. The van der Waals surface area contributed by atoms with E-state index in [0.29, 0.717) is 16.9 Å². The Morgan fingerprint density at radius 3 is 2.75 bits per heavy atom. The van der Waals surface area contributed by atoms with Gasteiger partial charge in [-0.15, -0.1) is 0 Å². The maximum absolute atomic E-state index is 10.5. The number of methoxy groups -OCH3 is 1. The largest absolute Gasteiger partial charge is 0.497 e. The zero-order valence-corrected chi connectivity index (χ0v) is 6.70. The number of hydrogen-bond acceptors (Lipinski definition) is 2. The molecule has 0 aliphatic rings. The van der Waals surface area contributed by atoms with Crippen LogP contribution in [0.4, 0.5) is 0 Å². The first-order valence-electron chi connectivity index (χ1n) is 3.46. The number of hydrogen-bond donors (Lipinski definition) is 0. The minimum absolute atomic E-state index is 0.328. The van der Waals surface area contributed by atoms with Crippen LogP contribution in [-0.4, -0.2) is 7.11 Å². The summed E-state index contributed by atoms with van der Waals surface area (Å²) in [5.41, 5.74) is 1.03. The molecule has 0 saturated heterocycles. The first-order valence-corrected chi connectivity index (χ1v) is 3.46. The van der Waals surface area contributed by atoms with Crippen LogP contribution in [-0.2, 0) is 11.7 Å². The highest BCUT2D eigenvalue weighted by Gasteiger charge is 1.99. The number of ether oxygens (including phenoxy) is 1. The fraction of sp³-hybridized carbons (Fsp3) is 0.222. The summed E-state index contributed by atoms with van der Waals surface area (Å²) in [5.74, 6) is 0.555. The highest BCUT2D eigenvalue weighted by Crippen LogP contribution is 2.16. The molecule has 0 spiro atoms. The van der Waals surface area contributed by atoms with Crippen LogP contribution >= 0.6 is 0 Å². The van der Waals surface area contributed by atoms with Crippen LogP contribution in [0.1, 0.15) is 11.1 Å². The van der Waals surface area contributed by atoms with E-state index in [4.69, 9.17) is 10.00 Å². The topological polar surface area (TPSA) is 52.9 Å². The van der Waals surface area contributed by atoms with Gasteiger partial charge < -0.3 is 4.74 Å². The van der Waals surface area contributed by atoms with Crippen molar-refractivity contribution < 1.29 is 9.84 Å². The second kappa shape index (κ2) is 3.74. The van der Waals surface area contributed by atoms with Crippen molar-refractivity contribution in [2.45, 2.75) is 6.61 Å². The maximum atomic E-state index is 10.5. The predicted molar refractivity (Wildman–Crippen MR) is 42.1 cm³/mol. The van der Waals surface area contributed by atoms with E-state index in [1.807, 2.05) is 6.07 Å². The van der Waals surface area contributed by atoms with Crippen LogP contribution in [0, 0.1) is 11.3 Å². The first-order chi connectivity index (χ1) is 5.80. The van der Waals surface area contributed by atoms with Gasteiger partial charge in [-0.3, -0.25) is 0 Å². The van der Waals surface area contributed by atoms with E-state index >= 15 is 0 Å². The van der Waals surface area contributed by atoms with Gasteiger partial charge in [0.2, 0.25) is 0 Å². The van der Waals surface area contributed by atoms with Crippen molar-refractivity contribution in [3.05, 3.63) is 29.3 Å².